The highest BCUT2D eigenvalue weighted by molar-refractivity contribution is 7.91. The first-order valence-corrected chi connectivity index (χ1v) is 15.2. The lowest BCUT2D eigenvalue weighted by molar-refractivity contribution is -0.00584. The predicted octanol–water partition coefficient (Wildman–Crippen LogP) is 3.13. The second-order valence-electron chi connectivity index (χ2n) is 10.6. The van der Waals surface area contributed by atoms with E-state index in [-0.39, 0.29) is 35.3 Å². The Labute approximate surface area is 232 Å². The number of aromatic nitrogens is 1. The summed E-state index contributed by atoms with van der Waals surface area (Å²) >= 11 is 0. The molecule has 210 valence electrons. The van der Waals surface area contributed by atoms with Crippen molar-refractivity contribution >= 4 is 38.1 Å². The van der Waals surface area contributed by atoms with Crippen LogP contribution in [-0.4, -0.2) is 87.5 Å². The zero-order chi connectivity index (χ0) is 28.1. The Balaban J connectivity index is 1.17. The van der Waals surface area contributed by atoms with E-state index in [0.29, 0.717) is 67.3 Å². The number of anilines is 1. The number of carbonyl (C=O) groups is 2. The number of methoxy groups -OCH3 is 2. The van der Waals surface area contributed by atoms with Crippen molar-refractivity contribution < 1.29 is 32.2 Å². The third-order valence-electron chi connectivity index (χ3n) is 8.17. The van der Waals surface area contributed by atoms with Gasteiger partial charge in [0.2, 0.25) is 0 Å². The monoisotopic (exact) mass is 565 g/mol. The Bertz CT molecular complexity index is 1600. The van der Waals surface area contributed by atoms with Crippen LogP contribution in [0.4, 0.5) is 5.69 Å². The molecule has 1 aromatic heterocycles. The van der Waals surface area contributed by atoms with E-state index in [0.717, 1.165) is 11.1 Å². The highest BCUT2D eigenvalue weighted by atomic mass is 32.2. The van der Waals surface area contributed by atoms with E-state index in [2.05, 4.69) is 4.98 Å². The van der Waals surface area contributed by atoms with E-state index in [1.807, 2.05) is 35.2 Å². The molecule has 2 aromatic carbocycles. The number of carbonyl (C=O) groups excluding carboxylic acids is 2. The van der Waals surface area contributed by atoms with E-state index in [9.17, 15) is 18.0 Å². The fourth-order valence-corrected chi connectivity index (χ4v) is 7.04. The molecule has 0 N–H and O–H groups in total. The number of fused-ring (bicyclic) bond motifs is 2. The van der Waals surface area contributed by atoms with Crippen molar-refractivity contribution in [3.05, 3.63) is 53.7 Å². The van der Waals surface area contributed by atoms with Crippen molar-refractivity contribution in [3.8, 4) is 17.2 Å². The van der Waals surface area contributed by atoms with Gasteiger partial charge in [0.15, 0.2) is 15.6 Å². The number of para-hydroxylation sites is 1. The lowest BCUT2D eigenvalue weighted by Crippen LogP contribution is -2.52. The molecule has 0 unspecified atom stereocenters. The third kappa shape index (κ3) is 4.72. The number of nitrogens with zero attached hydrogens (tertiary/aromatic N) is 3. The second-order valence-corrected chi connectivity index (χ2v) is 12.9. The number of pyridine rings is 1. The molecule has 4 heterocycles. The van der Waals surface area contributed by atoms with E-state index in [1.165, 1.54) is 0 Å². The molecule has 11 heteroatoms. The molecule has 3 aliphatic heterocycles. The van der Waals surface area contributed by atoms with E-state index >= 15 is 0 Å². The molecule has 2 saturated heterocycles. The summed E-state index contributed by atoms with van der Waals surface area (Å²) < 4.78 is 41.0. The van der Waals surface area contributed by atoms with Crippen LogP contribution in [0.25, 0.3) is 10.9 Å². The molecule has 40 heavy (non-hydrogen) atoms. The molecular formula is C29H31N3O7S. The van der Waals surface area contributed by atoms with Crippen LogP contribution < -0.4 is 19.1 Å². The fraction of sp³-hybridized carbons (Fsp3) is 0.414. The van der Waals surface area contributed by atoms with E-state index in [4.69, 9.17) is 14.2 Å². The van der Waals surface area contributed by atoms with Crippen molar-refractivity contribution in [2.75, 3.05) is 56.8 Å². The predicted molar refractivity (Wildman–Crippen MR) is 150 cm³/mol. The number of hydrogen-bond donors (Lipinski definition) is 0. The van der Waals surface area contributed by atoms with Crippen LogP contribution >= 0.6 is 0 Å². The Kier molecular flexibility index (Phi) is 6.56. The number of likely N-dealkylation sites (tertiary alicyclic amines) is 1. The summed E-state index contributed by atoms with van der Waals surface area (Å²) in [6.07, 6.45) is 1.27. The van der Waals surface area contributed by atoms with Gasteiger partial charge in [-0.15, -0.1) is 0 Å². The Morgan fingerprint density at radius 3 is 2.40 bits per heavy atom. The average molecular weight is 566 g/mol. The van der Waals surface area contributed by atoms with Gasteiger partial charge in [0.25, 0.3) is 5.91 Å². The molecule has 0 saturated carbocycles. The van der Waals surface area contributed by atoms with Crippen molar-refractivity contribution in [1.82, 2.24) is 9.88 Å². The van der Waals surface area contributed by atoms with Gasteiger partial charge in [0, 0.05) is 56.2 Å². The largest absolute Gasteiger partial charge is 0.496 e. The SMILES string of the molecule is COc1cc(C(=O)N2CCC3(CC2)CC(=O)c2cc(N4CCS(=O)(=O)CC4)ccc2O3)nc2c(OC)cccc12. The maximum atomic E-state index is 13.5. The molecule has 0 atom stereocenters. The lowest BCUT2D eigenvalue weighted by atomic mass is 9.82. The zero-order valence-corrected chi connectivity index (χ0v) is 23.3. The molecule has 1 amide bonds. The van der Waals surface area contributed by atoms with Gasteiger partial charge in [-0.1, -0.05) is 6.07 Å². The number of piperidine rings is 1. The number of rotatable bonds is 4. The number of benzene rings is 2. The van der Waals surface area contributed by atoms with Crippen LogP contribution in [0.1, 0.15) is 40.1 Å². The van der Waals surface area contributed by atoms with E-state index < -0.39 is 15.4 Å². The number of Topliss-reactive ketones (excluding diaryl/α,β-unsaturated/α-hetero) is 1. The van der Waals surface area contributed by atoms with Gasteiger partial charge >= 0.3 is 0 Å². The summed E-state index contributed by atoms with van der Waals surface area (Å²) in [5.41, 5.74) is 1.52. The summed E-state index contributed by atoms with van der Waals surface area (Å²) in [7, 11) is 0.127. The Morgan fingerprint density at radius 2 is 1.70 bits per heavy atom. The first kappa shape index (κ1) is 26.4. The molecule has 3 aromatic rings. The van der Waals surface area contributed by atoms with Gasteiger partial charge in [-0.05, 0) is 30.3 Å². The third-order valence-corrected chi connectivity index (χ3v) is 9.78. The molecule has 0 aliphatic carbocycles. The fourth-order valence-electron chi connectivity index (χ4n) is 5.84. The van der Waals surface area contributed by atoms with Gasteiger partial charge in [0.1, 0.15) is 34.1 Å². The van der Waals surface area contributed by atoms with Crippen LogP contribution in [0.15, 0.2) is 42.5 Å². The van der Waals surface area contributed by atoms with Crippen molar-refractivity contribution in [2.24, 2.45) is 0 Å². The van der Waals surface area contributed by atoms with Gasteiger partial charge in [-0.2, -0.15) is 0 Å². The molecular weight excluding hydrogens is 534 g/mol. The van der Waals surface area contributed by atoms with Gasteiger partial charge < -0.3 is 24.0 Å². The molecule has 2 fully saturated rings. The zero-order valence-electron chi connectivity index (χ0n) is 22.5. The standard InChI is InChI=1S/C29H31N3O7S/c1-37-25-5-3-4-20-26(38-2)17-22(30-27(20)25)28(34)32-10-8-29(9-11-32)18-23(33)21-16-19(6-7-24(21)39-29)31-12-14-40(35,36)15-13-31/h3-7,16-17H,8-15,18H2,1-2H3. The molecule has 0 radical (unpaired) electrons. The smallest absolute Gasteiger partial charge is 0.272 e. The molecule has 3 aliphatic rings. The van der Waals surface area contributed by atoms with E-state index in [1.54, 1.807) is 31.3 Å². The average Bonchev–Trinajstić information content (AvgIpc) is 2.96. The minimum Gasteiger partial charge on any atom is -0.496 e. The summed E-state index contributed by atoms with van der Waals surface area (Å²) in [4.78, 5) is 35.1. The number of hydrogen-bond acceptors (Lipinski definition) is 9. The first-order valence-electron chi connectivity index (χ1n) is 13.3. The van der Waals surface area contributed by atoms with Gasteiger partial charge in [0.05, 0.1) is 37.7 Å². The summed E-state index contributed by atoms with van der Waals surface area (Å²) in [5, 5.41) is 0.761. The minimum absolute atomic E-state index is 0.000495. The Morgan fingerprint density at radius 1 is 0.975 bits per heavy atom. The number of sulfone groups is 1. The van der Waals surface area contributed by atoms with Crippen molar-refractivity contribution in [3.63, 3.8) is 0 Å². The second kappa shape index (κ2) is 9.96. The van der Waals surface area contributed by atoms with Crippen LogP contribution in [0.5, 0.6) is 17.2 Å². The number of ether oxygens (including phenoxy) is 3. The normalized spacial score (nSPS) is 19.7. The number of amides is 1. The van der Waals surface area contributed by atoms with Gasteiger partial charge in [-0.25, -0.2) is 13.4 Å². The number of ketones is 1. The lowest BCUT2D eigenvalue weighted by Gasteiger charge is -2.44. The van der Waals surface area contributed by atoms with Crippen molar-refractivity contribution in [1.29, 1.82) is 0 Å². The summed E-state index contributed by atoms with van der Waals surface area (Å²) in [6, 6.07) is 12.7. The van der Waals surface area contributed by atoms with Crippen LogP contribution in [-0.2, 0) is 9.84 Å². The van der Waals surface area contributed by atoms with Crippen LogP contribution in [0, 0.1) is 0 Å². The molecule has 0 bridgehead atoms. The maximum absolute atomic E-state index is 13.5. The first-order chi connectivity index (χ1) is 19.2. The Hall–Kier alpha value is -3.86. The quantitative estimate of drug-likeness (QED) is 0.471. The maximum Gasteiger partial charge on any atom is 0.272 e. The van der Waals surface area contributed by atoms with Crippen LogP contribution in [0.2, 0.25) is 0 Å². The highest BCUT2D eigenvalue weighted by Crippen LogP contribution is 2.41. The summed E-state index contributed by atoms with van der Waals surface area (Å²) in [5.74, 6) is 1.66. The summed E-state index contributed by atoms with van der Waals surface area (Å²) in [6.45, 7) is 1.68. The topological polar surface area (TPSA) is 115 Å². The van der Waals surface area contributed by atoms with Gasteiger partial charge in [-0.3, -0.25) is 9.59 Å². The molecule has 1 spiro atoms. The van der Waals surface area contributed by atoms with Crippen LogP contribution in [0.3, 0.4) is 0 Å². The highest BCUT2D eigenvalue weighted by Gasteiger charge is 2.44. The minimum atomic E-state index is -2.99. The molecule has 6 rings (SSSR count). The van der Waals surface area contributed by atoms with Crippen molar-refractivity contribution in [2.45, 2.75) is 24.9 Å². The molecule has 10 nitrogen and oxygen atoms in total.